The highest BCUT2D eigenvalue weighted by Crippen LogP contribution is 2.19. The molecule has 0 unspecified atom stereocenters. The van der Waals surface area contributed by atoms with Crippen LogP contribution in [0.5, 0.6) is 0 Å². The van der Waals surface area contributed by atoms with Crippen LogP contribution >= 0.6 is 0 Å². The molecule has 2 rings (SSSR count). The molecule has 6 nitrogen and oxygen atoms in total. The van der Waals surface area contributed by atoms with Crippen molar-refractivity contribution in [2.45, 2.75) is 38.3 Å². The highest BCUT2D eigenvalue weighted by Gasteiger charge is 2.32. The van der Waals surface area contributed by atoms with Crippen LogP contribution in [0, 0.1) is 0 Å². The predicted octanol–water partition coefficient (Wildman–Crippen LogP) is 0.792. The first-order valence-electron chi connectivity index (χ1n) is 7.16. The smallest absolute Gasteiger partial charge is 0.328 e. The summed E-state index contributed by atoms with van der Waals surface area (Å²) in [6, 6.07) is 4.40. The first-order chi connectivity index (χ1) is 10.1. The number of piperidine rings is 1. The van der Waals surface area contributed by atoms with Crippen molar-refractivity contribution < 1.29 is 14.3 Å². The van der Waals surface area contributed by atoms with E-state index in [1.54, 1.807) is 23.2 Å². The van der Waals surface area contributed by atoms with Gasteiger partial charge in [-0.25, -0.2) is 4.79 Å². The van der Waals surface area contributed by atoms with Crippen LogP contribution in [-0.2, 0) is 20.9 Å². The van der Waals surface area contributed by atoms with Crippen LogP contribution < -0.4 is 5.56 Å². The second kappa shape index (κ2) is 7.06. The Morgan fingerprint density at radius 2 is 2.14 bits per heavy atom. The lowest BCUT2D eigenvalue weighted by molar-refractivity contribution is -0.154. The molecule has 1 saturated heterocycles. The Kier molecular flexibility index (Phi) is 5.14. The van der Waals surface area contributed by atoms with E-state index in [1.165, 1.54) is 17.7 Å². The minimum atomic E-state index is -0.483. The van der Waals surface area contributed by atoms with Gasteiger partial charge in [0.25, 0.3) is 5.56 Å². The van der Waals surface area contributed by atoms with Crippen LogP contribution in [0.2, 0.25) is 0 Å². The zero-order valence-electron chi connectivity index (χ0n) is 12.2. The molecule has 21 heavy (non-hydrogen) atoms. The number of esters is 1. The molecule has 0 radical (unpaired) electrons. The average Bonchev–Trinajstić information content (AvgIpc) is 2.53. The molecule has 6 heteroatoms. The lowest BCUT2D eigenvalue weighted by Crippen LogP contribution is -2.48. The molecule has 0 N–H and O–H groups in total. The Bertz CT molecular complexity index is 567. The molecule has 1 aliphatic heterocycles. The number of ether oxygens (including phenoxy) is 1. The zero-order valence-corrected chi connectivity index (χ0v) is 12.2. The number of hydrogen-bond donors (Lipinski definition) is 0. The predicted molar refractivity (Wildman–Crippen MR) is 76.7 cm³/mol. The molecular formula is C15H20N2O4. The highest BCUT2D eigenvalue weighted by molar-refractivity contribution is 5.84. The molecule has 1 amide bonds. The van der Waals surface area contributed by atoms with Gasteiger partial charge in [-0.05, 0) is 25.3 Å². The van der Waals surface area contributed by atoms with Crippen LogP contribution in [-0.4, -0.2) is 41.0 Å². The molecule has 1 atom stereocenters. The van der Waals surface area contributed by atoms with Gasteiger partial charge in [0.1, 0.15) is 6.04 Å². The monoisotopic (exact) mass is 292 g/mol. The number of carbonyl (C=O) groups excluding carboxylic acids is 2. The van der Waals surface area contributed by atoms with E-state index < -0.39 is 6.04 Å². The van der Waals surface area contributed by atoms with Crippen LogP contribution in [0.15, 0.2) is 29.2 Å². The number of likely N-dealkylation sites (tertiary alicyclic amines) is 1. The summed E-state index contributed by atoms with van der Waals surface area (Å²) >= 11 is 0. The van der Waals surface area contributed by atoms with E-state index in [4.69, 9.17) is 4.74 Å². The highest BCUT2D eigenvalue weighted by atomic mass is 16.5. The molecule has 0 bridgehead atoms. The summed E-state index contributed by atoms with van der Waals surface area (Å²) in [5, 5.41) is 0. The van der Waals surface area contributed by atoms with Gasteiger partial charge in [-0.3, -0.25) is 9.59 Å². The van der Waals surface area contributed by atoms with Gasteiger partial charge in [0, 0.05) is 31.8 Å². The van der Waals surface area contributed by atoms with Gasteiger partial charge in [0.05, 0.1) is 7.11 Å². The minimum absolute atomic E-state index is 0.110. The normalized spacial score (nSPS) is 18.3. The maximum absolute atomic E-state index is 12.3. The number of nitrogens with zero attached hydrogens (tertiary/aromatic N) is 2. The zero-order chi connectivity index (χ0) is 15.2. The van der Waals surface area contributed by atoms with E-state index in [9.17, 15) is 14.4 Å². The molecule has 2 heterocycles. The van der Waals surface area contributed by atoms with Gasteiger partial charge in [-0.2, -0.15) is 0 Å². The van der Waals surface area contributed by atoms with Crippen molar-refractivity contribution in [1.82, 2.24) is 9.47 Å². The number of aromatic nitrogens is 1. The Hall–Kier alpha value is -2.11. The minimum Gasteiger partial charge on any atom is -0.467 e. The van der Waals surface area contributed by atoms with Gasteiger partial charge >= 0.3 is 5.97 Å². The molecule has 0 spiro atoms. The third-order valence-electron chi connectivity index (χ3n) is 3.76. The molecule has 0 aromatic carbocycles. The van der Waals surface area contributed by atoms with Crippen molar-refractivity contribution in [3.63, 3.8) is 0 Å². The number of methoxy groups -OCH3 is 1. The summed E-state index contributed by atoms with van der Waals surface area (Å²) in [6.45, 7) is 0.894. The van der Waals surface area contributed by atoms with E-state index >= 15 is 0 Å². The number of carbonyl (C=O) groups is 2. The number of amides is 1. The number of hydrogen-bond acceptors (Lipinski definition) is 4. The van der Waals surface area contributed by atoms with Gasteiger partial charge < -0.3 is 14.2 Å². The summed E-state index contributed by atoms with van der Waals surface area (Å²) in [7, 11) is 1.34. The van der Waals surface area contributed by atoms with E-state index in [-0.39, 0.29) is 23.9 Å². The first-order valence-corrected chi connectivity index (χ1v) is 7.16. The maximum atomic E-state index is 12.3. The molecule has 0 saturated carbocycles. The molecule has 1 aromatic rings. The van der Waals surface area contributed by atoms with Crippen molar-refractivity contribution >= 4 is 11.9 Å². The second-order valence-electron chi connectivity index (χ2n) is 5.10. The number of pyridine rings is 1. The Balaban J connectivity index is 1.99. The molecular weight excluding hydrogens is 272 g/mol. The molecule has 0 aliphatic carbocycles. The second-order valence-corrected chi connectivity index (χ2v) is 5.10. The van der Waals surface area contributed by atoms with Crippen LogP contribution in [0.4, 0.5) is 0 Å². The van der Waals surface area contributed by atoms with Crippen molar-refractivity contribution in [3.8, 4) is 0 Å². The van der Waals surface area contributed by atoms with Crippen molar-refractivity contribution in [2.75, 3.05) is 13.7 Å². The lowest BCUT2D eigenvalue weighted by atomic mass is 10.0. The van der Waals surface area contributed by atoms with Gasteiger partial charge in [-0.1, -0.05) is 6.07 Å². The summed E-state index contributed by atoms with van der Waals surface area (Å²) in [5.74, 6) is -0.471. The van der Waals surface area contributed by atoms with Crippen LogP contribution in [0.25, 0.3) is 0 Å². The average molecular weight is 292 g/mol. The van der Waals surface area contributed by atoms with Crippen LogP contribution in [0.3, 0.4) is 0 Å². The molecule has 114 valence electrons. The van der Waals surface area contributed by atoms with E-state index in [1.807, 2.05) is 0 Å². The standard InChI is InChI=1S/C15H20N2O4/c1-21-15(20)12-6-2-5-10-17(12)14(19)8-11-16-9-4-3-7-13(16)18/h3-4,7,9,12H,2,5-6,8,10-11H2,1H3/t12-/m1/s1. The van der Waals surface area contributed by atoms with Gasteiger partial charge in [-0.15, -0.1) is 0 Å². The van der Waals surface area contributed by atoms with Crippen molar-refractivity contribution in [2.24, 2.45) is 0 Å². The maximum Gasteiger partial charge on any atom is 0.328 e. The fraction of sp³-hybridized carbons (Fsp3) is 0.533. The van der Waals surface area contributed by atoms with Gasteiger partial charge in [0.2, 0.25) is 5.91 Å². The number of aryl methyl sites for hydroxylation is 1. The summed E-state index contributed by atoms with van der Waals surface area (Å²) in [4.78, 5) is 37.2. The third-order valence-corrected chi connectivity index (χ3v) is 3.76. The SMILES string of the molecule is COC(=O)[C@H]1CCCCN1C(=O)CCn1ccccc1=O. The quantitative estimate of drug-likeness (QED) is 0.770. The van der Waals surface area contributed by atoms with Crippen LogP contribution in [0.1, 0.15) is 25.7 Å². The van der Waals surface area contributed by atoms with Gasteiger partial charge in [0.15, 0.2) is 0 Å². The molecule has 1 aromatic heterocycles. The summed E-state index contributed by atoms with van der Waals surface area (Å²) in [5.41, 5.74) is -0.131. The molecule has 1 aliphatic rings. The van der Waals surface area contributed by atoms with E-state index in [0.717, 1.165) is 12.8 Å². The van der Waals surface area contributed by atoms with Crippen molar-refractivity contribution in [1.29, 1.82) is 0 Å². The number of rotatable bonds is 4. The topological polar surface area (TPSA) is 68.6 Å². The summed E-state index contributed by atoms with van der Waals surface area (Å²) < 4.78 is 6.26. The Morgan fingerprint density at radius 3 is 2.86 bits per heavy atom. The van der Waals surface area contributed by atoms with Crippen molar-refractivity contribution in [3.05, 3.63) is 34.7 Å². The third kappa shape index (κ3) is 3.71. The largest absolute Gasteiger partial charge is 0.467 e. The molecule has 1 fully saturated rings. The Labute approximate surface area is 123 Å². The summed E-state index contributed by atoms with van der Waals surface area (Å²) in [6.07, 6.45) is 4.32. The lowest BCUT2D eigenvalue weighted by Gasteiger charge is -2.33. The van der Waals surface area contributed by atoms with E-state index in [2.05, 4.69) is 0 Å². The fourth-order valence-corrected chi connectivity index (χ4v) is 2.62. The fourth-order valence-electron chi connectivity index (χ4n) is 2.62. The van der Waals surface area contributed by atoms with E-state index in [0.29, 0.717) is 19.5 Å². The Morgan fingerprint density at radius 1 is 1.33 bits per heavy atom. The first kappa shape index (κ1) is 15.3.